The number of anilines is 4. The predicted octanol–water partition coefficient (Wildman–Crippen LogP) is 4.93. The zero-order valence-electron chi connectivity index (χ0n) is 26.9. The first-order valence-corrected chi connectivity index (χ1v) is 15.9. The van der Waals surface area contributed by atoms with E-state index in [1.165, 1.54) is 18.2 Å². The van der Waals surface area contributed by atoms with Crippen molar-refractivity contribution in [3.63, 3.8) is 0 Å². The molecule has 0 unspecified atom stereocenters. The number of amides is 1. The van der Waals surface area contributed by atoms with E-state index in [0.717, 1.165) is 35.4 Å². The molecule has 1 amide bonds. The first-order valence-electron chi connectivity index (χ1n) is 14.5. The van der Waals surface area contributed by atoms with Crippen molar-refractivity contribution in [2.75, 3.05) is 56.9 Å². The highest BCUT2D eigenvalue weighted by atomic mass is 32.2. The van der Waals surface area contributed by atoms with Gasteiger partial charge in [-0.05, 0) is 69.6 Å². The third-order valence-electron chi connectivity index (χ3n) is 6.96. The monoisotopic (exact) mass is 658 g/mol. The number of pyridine rings is 1. The Morgan fingerprint density at radius 3 is 2.43 bits per heavy atom. The van der Waals surface area contributed by atoms with Crippen LogP contribution in [0.25, 0.3) is 16.9 Å². The van der Waals surface area contributed by atoms with Gasteiger partial charge in [0.25, 0.3) is 10.1 Å². The number of hydrogen-bond donors (Lipinski definition) is 3. The van der Waals surface area contributed by atoms with Crippen LogP contribution in [0, 0.1) is 6.92 Å². The summed E-state index contributed by atoms with van der Waals surface area (Å²) in [5.74, 6) is 1.32. The second-order valence-corrected chi connectivity index (χ2v) is 12.2. The van der Waals surface area contributed by atoms with E-state index in [2.05, 4.69) is 42.0 Å². The van der Waals surface area contributed by atoms with E-state index in [0.29, 0.717) is 28.9 Å². The fraction of sp³-hybridized carbons (Fsp3) is 0.212. The Kier molecular flexibility index (Phi) is 11.3. The minimum absolute atomic E-state index is 0.0666. The number of fused-ring (bicyclic) bond motifs is 1. The standard InChI is InChI=1S/C26H30N8O2.C7H8O3S/c1-6-24(35)29-19-16-20(22(36-5)17-21(19)33(4)15-14-32(2)3)30-26-28-12-9-23(31-26)34-13-10-18-8-7-11-27-25(18)34;1-6-2-4-7(5-3-6)11(8,9)10/h6-13,16-17H,1,14-15H2,2-5H3,(H,29,35)(H,28,30,31);2-5H,1H3,(H,8,9,10). The molecule has 0 spiro atoms. The molecule has 0 bridgehead atoms. The Labute approximate surface area is 274 Å². The predicted molar refractivity (Wildman–Crippen MR) is 185 cm³/mol. The van der Waals surface area contributed by atoms with Crippen molar-refractivity contribution in [3.05, 3.63) is 97.5 Å². The molecule has 0 fully saturated rings. The highest BCUT2D eigenvalue weighted by Gasteiger charge is 2.17. The molecular formula is C33H38N8O5S. The molecule has 13 nitrogen and oxygen atoms in total. The number of carbonyl (C=O) groups is 1. The molecule has 3 N–H and O–H groups in total. The maximum atomic E-state index is 12.2. The largest absolute Gasteiger partial charge is 0.494 e. The Balaban J connectivity index is 0.000000385. The highest BCUT2D eigenvalue weighted by molar-refractivity contribution is 7.85. The van der Waals surface area contributed by atoms with Gasteiger partial charge in [0.15, 0.2) is 0 Å². The summed E-state index contributed by atoms with van der Waals surface area (Å²) in [7, 11) is 3.58. The van der Waals surface area contributed by atoms with Gasteiger partial charge in [0, 0.05) is 50.2 Å². The molecule has 47 heavy (non-hydrogen) atoms. The van der Waals surface area contributed by atoms with Gasteiger partial charge in [0.1, 0.15) is 17.2 Å². The fourth-order valence-corrected chi connectivity index (χ4v) is 4.91. The molecule has 5 aromatic rings. The number of nitrogens with zero attached hydrogens (tertiary/aromatic N) is 6. The van der Waals surface area contributed by atoms with Crippen LogP contribution < -0.4 is 20.3 Å². The van der Waals surface area contributed by atoms with E-state index in [1.807, 2.05) is 75.2 Å². The molecule has 0 atom stereocenters. The lowest BCUT2D eigenvalue weighted by molar-refractivity contribution is -0.111. The lowest BCUT2D eigenvalue weighted by Gasteiger charge is -2.26. The summed E-state index contributed by atoms with van der Waals surface area (Å²) in [4.78, 5) is 29.8. The smallest absolute Gasteiger partial charge is 0.294 e. The van der Waals surface area contributed by atoms with E-state index in [-0.39, 0.29) is 10.8 Å². The third kappa shape index (κ3) is 9.13. The summed E-state index contributed by atoms with van der Waals surface area (Å²) in [5, 5.41) is 7.15. The van der Waals surface area contributed by atoms with Crippen LogP contribution in [0.5, 0.6) is 5.75 Å². The zero-order valence-corrected chi connectivity index (χ0v) is 27.7. The Bertz CT molecular complexity index is 1960. The van der Waals surface area contributed by atoms with Gasteiger partial charge in [-0.1, -0.05) is 24.3 Å². The van der Waals surface area contributed by atoms with Crippen LogP contribution in [-0.4, -0.2) is 84.6 Å². The van der Waals surface area contributed by atoms with Crippen LogP contribution in [0.2, 0.25) is 0 Å². The van der Waals surface area contributed by atoms with Gasteiger partial charge in [0.05, 0.1) is 29.1 Å². The van der Waals surface area contributed by atoms with Gasteiger partial charge >= 0.3 is 0 Å². The lowest BCUT2D eigenvalue weighted by atomic mass is 10.2. The van der Waals surface area contributed by atoms with Gasteiger partial charge in [-0.25, -0.2) is 9.97 Å². The number of benzene rings is 2. The van der Waals surface area contributed by atoms with E-state index < -0.39 is 10.1 Å². The van der Waals surface area contributed by atoms with E-state index in [9.17, 15) is 13.2 Å². The lowest BCUT2D eigenvalue weighted by Crippen LogP contribution is -2.29. The highest BCUT2D eigenvalue weighted by Crippen LogP contribution is 2.38. The molecule has 0 saturated carbocycles. The van der Waals surface area contributed by atoms with Gasteiger partial charge in [-0.15, -0.1) is 0 Å². The average Bonchev–Trinajstić information content (AvgIpc) is 3.48. The normalized spacial score (nSPS) is 11.0. The molecule has 5 rings (SSSR count). The van der Waals surface area contributed by atoms with Crippen molar-refractivity contribution >= 4 is 50.1 Å². The first kappa shape index (κ1) is 34.6. The first-order chi connectivity index (χ1) is 22.4. The van der Waals surface area contributed by atoms with Crippen molar-refractivity contribution in [1.82, 2.24) is 24.4 Å². The van der Waals surface area contributed by atoms with Gasteiger partial charge in [-0.2, -0.15) is 13.4 Å². The summed E-state index contributed by atoms with van der Waals surface area (Å²) < 4.78 is 37.1. The molecule has 0 saturated heterocycles. The summed E-state index contributed by atoms with van der Waals surface area (Å²) in [5.41, 5.74) is 3.79. The van der Waals surface area contributed by atoms with Crippen molar-refractivity contribution < 1.29 is 22.5 Å². The van der Waals surface area contributed by atoms with Crippen LogP contribution >= 0.6 is 0 Å². The van der Waals surface area contributed by atoms with Crippen LogP contribution in [-0.2, 0) is 14.9 Å². The SMILES string of the molecule is C=CC(=O)Nc1cc(Nc2nccc(-n3ccc4cccnc43)n2)c(OC)cc1N(C)CCN(C)C.Cc1ccc(S(=O)(=O)O)cc1. The average molecular weight is 659 g/mol. The number of hydrogen-bond acceptors (Lipinski definition) is 10. The van der Waals surface area contributed by atoms with E-state index in [1.54, 1.807) is 31.6 Å². The van der Waals surface area contributed by atoms with Crippen LogP contribution in [0.1, 0.15) is 5.56 Å². The van der Waals surface area contributed by atoms with Gasteiger partial charge < -0.3 is 25.2 Å². The van der Waals surface area contributed by atoms with Crippen molar-refractivity contribution in [1.29, 1.82) is 0 Å². The van der Waals surface area contributed by atoms with Crippen LogP contribution in [0.3, 0.4) is 0 Å². The Morgan fingerprint density at radius 1 is 1.02 bits per heavy atom. The molecule has 246 valence electrons. The third-order valence-corrected chi connectivity index (χ3v) is 7.82. The number of methoxy groups -OCH3 is 1. The number of ether oxygens (including phenoxy) is 1. The Morgan fingerprint density at radius 2 is 1.77 bits per heavy atom. The fourth-order valence-electron chi connectivity index (χ4n) is 4.43. The number of rotatable bonds is 11. The van der Waals surface area contributed by atoms with Crippen LogP contribution in [0.15, 0.2) is 96.8 Å². The molecule has 3 aromatic heterocycles. The Hall–Kier alpha value is -5.31. The molecule has 3 heterocycles. The minimum Gasteiger partial charge on any atom is -0.494 e. The van der Waals surface area contributed by atoms with Crippen molar-refractivity contribution in [2.24, 2.45) is 0 Å². The maximum Gasteiger partial charge on any atom is 0.294 e. The minimum atomic E-state index is -4.02. The maximum absolute atomic E-state index is 12.2. The molecule has 0 radical (unpaired) electrons. The topological polar surface area (TPSA) is 155 Å². The quantitative estimate of drug-likeness (QED) is 0.131. The number of nitrogens with one attached hydrogen (secondary N) is 2. The summed E-state index contributed by atoms with van der Waals surface area (Å²) >= 11 is 0. The number of likely N-dealkylation sites (N-methyl/N-ethyl adjacent to an activating group) is 2. The van der Waals surface area contributed by atoms with E-state index >= 15 is 0 Å². The zero-order chi connectivity index (χ0) is 34.1. The van der Waals surface area contributed by atoms with Crippen molar-refractivity contribution in [2.45, 2.75) is 11.8 Å². The van der Waals surface area contributed by atoms with Crippen LogP contribution in [0.4, 0.5) is 23.0 Å². The molecule has 0 aliphatic heterocycles. The molecule has 0 aliphatic carbocycles. The second kappa shape index (κ2) is 15.3. The summed E-state index contributed by atoms with van der Waals surface area (Å²) in [6.45, 7) is 7.01. The molecule has 2 aromatic carbocycles. The number of aromatic nitrogens is 4. The van der Waals surface area contributed by atoms with Gasteiger partial charge in [-0.3, -0.25) is 13.9 Å². The van der Waals surface area contributed by atoms with E-state index in [4.69, 9.17) is 9.29 Å². The van der Waals surface area contributed by atoms with Gasteiger partial charge in [0.2, 0.25) is 11.9 Å². The molecule has 0 aliphatic rings. The number of aryl methyl sites for hydroxylation is 1. The molecule has 14 heteroatoms. The van der Waals surface area contributed by atoms with Crippen molar-refractivity contribution in [3.8, 4) is 11.6 Å². The summed E-state index contributed by atoms with van der Waals surface area (Å²) in [6.07, 6.45) is 6.59. The summed E-state index contributed by atoms with van der Waals surface area (Å²) in [6, 6.07) is 17.4. The number of carbonyl (C=O) groups excluding carboxylic acids is 1. The second-order valence-electron chi connectivity index (χ2n) is 10.7. The molecular weight excluding hydrogens is 620 g/mol.